The summed E-state index contributed by atoms with van der Waals surface area (Å²) < 4.78 is 0. The zero-order valence-electron chi connectivity index (χ0n) is 11.4. The van der Waals surface area contributed by atoms with E-state index in [9.17, 15) is 9.59 Å². The molecule has 0 radical (unpaired) electrons. The largest absolute Gasteiger partial charge is 0.480 e. The molecule has 0 aliphatic heterocycles. The highest BCUT2D eigenvalue weighted by atomic mass is 35.5. The number of nitrogens with zero attached hydrogens (tertiary/aromatic N) is 1. The molecule has 0 saturated heterocycles. The van der Waals surface area contributed by atoms with Crippen LogP contribution in [0.5, 0.6) is 0 Å². The van der Waals surface area contributed by atoms with Crippen LogP contribution in [0, 0.1) is 5.41 Å². The van der Waals surface area contributed by atoms with E-state index in [0.29, 0.717) is 10.7 Å². The second-order valence-corrected chi connectivity index (χ2v) is 5.97. The van der Waals surface area contributed by atoms with E-state index in [1.54, 1.807) is 24.3 Å². The van der Waals surface area contributed by atoms with Gasteiger partial charge in [-0.3, -0.25) is 9.59 Å². The second-order valence-electron chi connectivity index (χ2n) is 5.53. The van der Waals surface area contributed by atoms with E-state index < -0.39 is 11.4 Å². The summed E-state index contributed by atoms with van der Waals surface area (Å²) >= 11 is 5.94. The van der Waals surface area contributed by atoms with E-state index in [1.807, 2.05) is 6.92 Å². The molecule has 0 aromatic heterocycles. The van der Waals surface area contributed by atoms with Crippen LogP contribution in [0.1, 0.15) is 32.6 Å². The van der Waals surface area contributed by atoms with Gasteiger partial charge in [0.25, 0.3) is 0 Å². The van der Waals surface area contributed by atoms with Crippen LogP contribution in [0.25, 0.3) is 0 Å². The molecule has 1 aliphatic rings. The average Bonchev–Trinajstić information content (AvgIpc) is 2.83. The van der Waals surface area contributed by atoms with Crippen molar-refractivity contribution in [3.05, 3.63) is 29.3 Å². The van der Waals surface area contributed by atoms with Crippen LogP contribution in [-0.4, -0.2) is 23.5 Å². The van der Waals surface area contributed by atoms with E-state index in [2.05, 4.69) is 0 Å². The molecule has 1 saturated carbocycles. The Morgan fingerprint density at radius 1 is 1.35 bits per heavy atom. The second kappa shape index (κ2) is 5.83. The highest BCUT2D eigenvalue weighted by Gasteiger charge is 2.40. The van der Waals surface area contributed by atoms with Crippen molar-refractivity contribution >= 4 is 29.2 Å². The fourth-order valence-electron chi connectivity index (χ4n) is 2.75. The minimum absolute atomic E-state index is 0.125. The zero-order valence-corrected chi connectivity index (χ0v) is 12.2. The van der Waals surface area contributed by atoms with Crippen molar-refractivity contribution in [2.75, 3.05) is 11.4 Å². The monoisotopic (exact) mass is 295 g/mol. The molecule has 1 aliphatic carbocycles. The van der Waals surface area contributed by atoms with Crippen molar-refractivity contribution < 1.29 is 14.7 Å². The Balaban J connectivity index is 2.32. The van der Waals surface area contributed by atoms with E-state index in [0.717, 1.165) is 25.7 Å². The van der Waals surface area contributed by atoms with Crippen LogP contribution in [0.15, 0.2) is 24.3 Å². The highest BCUT2D eigenvalue weighted by molar-refractivity contribution is 6.31. The van der Waals surface area contributed by atoms with Gasteiger partial charge in [0.2, 0.25) is 5.91 Å². The third-order valence-corrected chi connectivity index (χ3v) is 4.12. The topological polar surface area (TPSA) is 57.6 Å². The summed E-state index contributed by atoms with van der Waals surface area (Å²) in [5.74, 6) is -1.15. The molecular weight excluding hydrogens is 278 g/mol. The maximum absolute atomic E-state index is 12.7. The van der Waals surface area contributed by atoms with Crippen LogP contribution in [0.2, 0.25) is 5.02 Å². The lowest BCUT2D eigenvalue weighted by Crippen LogP contribution is -2.44. The van der Waals surface area contributed by atoms with Gasteiger partial charge in [0, 0.05) is 16.1 Å². The Morgan fingerprint density at radius 2 is 2.00 bits per heavy atom. The molecule has 4 nitrogen and oxygen atoms in total. The van der Waals surface area contributed by atoms with Crippen molar-refractivity contribution in [2.24, 2.45) is 5.41 Å². The fourth-order valence-corrected chi connectivity index (χ4v) is 2.94. The number of carboxylic acids is 1. The lowest BCUT2D eigenvalue weighted by molar-refractivity contribution is -0.137. The Morgan fingerprint density at radius 3 is 2.55 bits per heavy atom. The molecule has 0 unspecified atom stereocenters. The predicted molar refractivity (Wildman–Crippen MR) is 78.0 cm³/mol. The van der Waals surface area contributed by atoms with E-state index in [-0.39, 0.29) is 12.5 Å². The molecule has 1 amide bonds. The fraction of sp³-hybridized carbons (Fsp3) is 0.467. The molecule has 20 heavy (non-hydrogen) atoms. The molecule has 0 spiro atoms. The summed E-state index contributed by atoms with van der Waals surface area (Å²) in [6, 6.07) is 6.76. The Bertz CT molecular complexity index is 524. The first-order valence-corrected chi connectivity index (χ1v) is 7.09. The quantitative estimate of drug-likeness (QED) is 0.927. The number of amides is 1. The Labute approximate surface area is 123 Å². The van der Waals surface area contributed by atoms with Crippen LogP contribution in [0.3, 0.4) is 0 Å². The summed E-state index contributed by atoms with van der Waals surface area (Å²) in [4.78, 5) is 25.1. The standard InChI is InChI=1S/C15H18ClNO3/c1-15(7-2-3-8-15)14(20)17(10-13(18)19)12-6-4-5-11(16)9-12/h4-6,9H,2-3,7-8,10H2,1H3,(H,18,19). The predicted octanol–water partition coefficient (Wildman–Crippen LogP) is 3.34. The van der Waals surface area contributed by atoms with Gasteiger partial charge < -0.3 is 10.0 Å². The third-order valence-electron chi connectivity index (χ3n) is 3.88. The van der Waals surface area contributed by atoms with Gasteiger partial charge >= 0.3 is 5.97 Å². The maximum Gasteiger partial charge on any atom is 0.323 e. The lowest BCUT2D eigenvalue weighted by Gasteiger charge is -2.30. The van der Waals surface area contributed by atoms with Gasteiger partial charge in [0.05, 0.1) is 0 Å². The lowest BCUT2D eigenvalue weighted by atomic mass is 9.87. The van der Waals surface area contributed by atoms with Crippen molar-refractivity contribution in [2.45, 2.75) is 32.6 Å². The van der Waals surface area contributed by atoms with Crippen molar-refractivity contribution in [1.82, 2.24) is 0 Å². The van der Waals surface area contributed by atoms with Crippen molar-refractivity contribution in [3.8, 4) is 0 Å². The van der Waals surface area contributed by atoms with E-state index >= 15 is 0 Å². The molecule has 0 bridgehead atoms. The number of carboxylic acid groups (broad SMARTS) is 1. The van der Waals surface area contributed by atoms with Gasteiger partial charge in [-0.05, 0) is 31.0 Å². The van der Waals surface area contributed by atoms with Crippen LogP contribution >= 0.6 is 11.6 Å². The van der Waals surface area contributed by atoms with Crippen LogP contribution < -0.4 is 4.90 Å². The van der Waals surface area contributed by atoms with Gasteiger partial charge in [0.15, 0.2) is 0 Å². The summed E-state index contributed by atoms with van der Waals surface area (Å²) in [6.45, 7) is 1.58. The minimum Gasteiger partial charge on any atom is -0.480 e. The van der Waals surface area contributed by atoms with Gasteiger partial charge in [-0.2, -0.15) is 0 Å². The normalized spacial score (nSPS) is 16.9. The number of aliphatic carboxylic acids is 1. The van der Waals surface area contributed by atoms with Gasteiger partial charge in [-0.1, -0.05) is 37.4 Å². The highest BCUT2D eigenvalue weighted by Crippen LogP contribution is 2.40. The van der Waals surface area contributed by atoms with Gasteiger partial charge in [-0.15, -0.1) is 0 Å². The Kier molecular flexibility index (Phi) is 4.33. The molecule has 1 fully saturated rings. The molecular formula is C15H18ClNO3. The number of carbonyl (C=O) groups is 2. The number of hydrogen-bond acceptors (Lipinski definition) is 2. The van der Waals surface area contributed by atoms with E-state index in [1.165, 1.54) is 4.90 Å². The van der Waals surface area contributed by atoms with E-state index in [4.69, 9.17) is 16.7 Å². The molecule has 0 heterocycles. The number of benzene rings is 1. The molecule has 5 heteroatoms. The molecule has 1 aromatic carbocycles. The first-order valence-electron chi connectivity index (χ1n) is 6.72. The Hall–Kier alpha value is -1.55. The molecule has 1 N–H and O–H groups in total. The van der Waals surface area contributed by atoms with Crippen molar-refractivity contribution in [1.29, 1.82) is 0 Å². The summed E-state index contributed by atoms with van der Waals surface area (Å²) in [5, 5.41) is 9.55. The molecule has 0 atom stereocenters. The smallest absolute Gasteiger partial charge is 0.323 e. The first-order chi connectivity index (χ1) is 9.42. The zero-order chi connectivity index (χ0) is 14.8. The van der Waals surface area contributed by atoms with Gasteiger partial charge in [0.1, 0.15) is 6.54 Å². The first kappa shape index (κ1) is 14.9. The van der Waals surface area contributed by atoms with Gasteiger partial charge in [-0.25, -0.2) is 0 Å². The SMILES string of the molecule is CC1(C(=O)N(CC(=O)O)c2cccc(Cl)c2)CCCC1. The summed E-state index contributed by atoms with van der Waals surface area (Å²) in [7, 11) is 0. The molecule has 1 aromatic rings. The summed E-state index contributed by atoms with van der Waals surface area (Å²) in [6.07, 6.45) is 3.64. The van der Waals surface area contributed by atoms with Crippen LogP contribution in [0.4, 0.5) is 5.69 Å². The maximum atomic E-state index is 12.7. The average molecular weight is 296 g/mol. The number of hydrogen-bond donors (Lipinski definition) is 1. The molecule has 2 rings (SSSR count). The van der Waals surface area contributed by atoms with Crippen LogP contribution in [-0.2, 0) is 9.59 Å². The number of halogens is 1. The van der Waals surface area contributed by atoms with Crippen molar-refractivity contribution in [3.63, 3.8) is 0 Å². The number of anilines is 1. The third kappa shape index (κ3) is 3.12. The minimum atomic E-state index is -1.03. The number of carbonyl (C=O) groups excluding carboxylic acids is 1. The number of rotatable bonds is 4. The summed E-state index contributed by atoms with van der Waals surface area (Å²) in [5.41, 5.74) is 0.0793. The molecule has 108 valence electrons.